The fourth-order valence-electron chi connectivity index (χ4n) is 8.59. The van der Waals surface area contributed by atoms with E-state index in [1.807, 2.05) is 39.8 Å². The van der Waals surface area contributed by atoms with Crippen LogP contribution in [0.5, 0.6) is 11.8 Å². The fraction of sp³-hybridized carbons (Fsp3) is 0.477. The lowest BCUT2D eigenvalue weighted by Gasteiger charge is -2.39. The Morgan fingerprint density at radius 2 is 1.73 bits per heavy atom. The molecule has 3 fully saturated rings. The van der Waals surface area contributed by atoms with Crippen molar-refractivity contribution in [2.24, 2.45) is 0 Å². The van der Waals surface area contributed by atoms with Gasteiger partial charge in [0.25, 0.3) is 0 Å². The highest BCUT2D eigenvalue weighted by molar-refractivity contribution is 6.02. The van der Waals surface area contributed by atoms with Crippen molar-refractivity contribution in [3.63, 3.8) is 0 Å². The molecular weight excluding hydrogens is 768 g/mol. The van der Waals surface area contributed by atoms with Crippen molar-refractivity contribution in [3.8, 4) is 35.4 Å². The number of piperazine rings is 1. The molecule has 4 aliphatic rings. The van der Waals surface area contributed by atoms with Crippen LogP contribution in [0.1, 0.15) is 83.2 Å². The van der Waals surface area contributed by atoms with E-state index in [1.54, 1.807) is 12.1 Å². The van der Waals surface area contributed by atoms with Crippen molar-refractivity contribution in [2.75, 3.05) is 51.3 Å². The number of hydrogen-bond acceptors (Lipinski definition) is 10. The minimum absolute atomic E-state index is 0.00720. The number of alkyl halides is 3. The van der Waals surface area contributed by atoms with Gasteiger partial charge in [-0.2, -0.15) is 28.2 Å². The fourth-order valence-corrected chi connectivity index (χ4v) is 8.59. The number of halogens is 5. The molecule has 2 aromatic carbocycles. The molecule has 3 saturated heterocycles. The first-order valence-electron chi connectivity index (χ1n) is 20.5. The van der Waals surface area contributed by atoms with Crippen LogP contribution >= 0.6 is 0 Å². The summed E-state index contributed by atoms with van der Waals surface area (Å²) >= 11 is 0. The topological polar surface area (TPSA) is 101 Å². The summed E-state index contributed by atoms with van der Waals surface area (Å²) in [5, 5.41) is 11.4. The van der Waals surface area contributed by atoms with Crippen molar-refractivity contribution in [2.45, 2.75) is 90.4 Å². The van der Waals surface area contributed by atoms with Crippen LogP contribution in [0.15, 0.2) is 42.6 Å². The lowest BCUT2D eigenvalue weighted by atomic mass is 9.94. The molecule has 0 aliphatic carbocycles. The Bertz CT molecular complexity index is 2290. The van der Waals surface area contributed by atoms with Gasteiger partial charge in [0, 0.05) is 42.7 Å². The number of benzene rings is 2. The number of aromatic nitrogens is 5. The minimum Gasteiger partial charge on any atom is -0.495 e. The molecule has 0 bridgehead atoms. The highest BCUT2D eigenvalue weighted by atomic mass is 19.4. The highest BCUT2D eigenvalue weighted by Gasteiger charge is 2.45. The average molecular weight is 819 g/mol. The Morgan fingerprint density at radius 3 is 2.44 bits per heavy atom. The third-order valence-electron chi connectivity index (χ3n) is 11.2. The van der Waals surface area contributed by atoms with Crippen LogP contribution in [-0.4, -0.2) is 88.1 Å². The second-order valence-corrected chi connectivity index (χ2v) is 14.4. The number of aryl methyl sites for hydroxylation is 1. The Labute approximate surface area is 341 Å². The van der Waals surface area contributed by atoms with Crippen molar-refractivity contribution in [1.29, 1.82) is 0 Å². The number of nitrogens with zero attached hydrogens (tertiary/aromatic N) is 7. The Balaban J connectivity index is 0.000000312. The first-order valence-corrected chi connectivity index (χ1v) is 20.5. The Kier molecular flexibility index (Phi) is 13.8. The number of methoxy groups -OCH3 is 1. The third-order valence-corrected chi connectivity index (χ3v) is 11.2. The molecule has 314 valence electrons. The van der Waals surface area contributed by atoms with Crippen LogP contribution < -0.4 is 19.7 Å². The minimum atomic E-state index is -4.47. The third kappa shape index (κ3) is 8.75. The van der Waals surface area contributed by atoms with Crippen LogP contribution in [0.4, 0.5) is 27.8 Å². The zero-order chi connectivity index (χ0) is 42.3. The number of hydrogen-bond donors (Lipinski definition) is 1. The van der Waals surface area contributed by atoms with Gasteiger partial charge >= 0.3 is 12.2 Å². The summed E-state index contributed by atoms with van der Waals surface area (Å²) in [5.74, 6) is 2.13. The van der Waals surface area contributed by atoms with Crippen molar-refractivity contribution < 1.29 is 31.4 Å². The molecule has 1 unspecified atom stereocenters. The summed E-state index contributed by atoms with van der Waals surface area (Å²) in [6, 6.07) is 9.68. The molecule has 1 atom stereocenters. The molecule has 5 aromatic rings. The maximum Gasteiger partial charge on any atom is 0.435 e. The lowest BCUT2D eigenvalue weighted by molar-refractivity contribution is -0.141. The van der Waals surface area contributed by atoms with Gasteiger partial charge in [0.05, 0.1) is 35.5 Å². The first-order chi connectivity index (χ1) is 28.6. The van der Waals surface area contributed by atoms with Crippen molar-refractivity contribution in [1.82, 2.24) is 35.4 Å². The van der Waals surface area contributed by atoms with Gasteiger partial charge in [-0.25, -0.2) is 13.8 Å². The summed E-state index contributed by atoms with van der Waals surface area (Å²) < 4.78 is 78.6. The second-order valence-electron chi connectivity index (χ2n) is 14.4. The number of terminal acetylenes is 1. The van der Waals surface area contributed by atoms with Gasteiger partial charge in [-0.3, -0.25) is 4.90 Å². The molecule has 0 saturated carbocycles. The molecule has 59 heavy (non-hydrogen) atoms. The summed E-state index contributed by atoms with van der Waals surface area (Å²) in [6.45, 7) is 13.1. The van der Waals surface area contributed by atoms with E-state index in [1.165, 1.54) is 13.2 Å². The normalized spacial score (nSPS) is 18.1. The molecule has 10 nitrogen and oxygen atoms in total. The molecule has 15 heteroatoms. The summed E-state index contributed by atoms with van der Waals surface area (Å²) in [6.07, 6.45) is 9.42. The predicted molar refractivity (Wildman–Crippen MR) is 220 cm³/mol. The first kappa shape index (κ1) is 43.4. The van der Waals surface area contributed by atoms with Gasteiger partial charge < -0.3 is 19.7 Å². The number of fused-ring (bicyclic) bond motifs is 4. The van der Waals surface area contributed by atoms with Gasteiger partial charge in [0.2, 0.25) is 0 Å². The summed E-state index contributed by atoms with van der Waals surface area (Å²) in [4.78, 5) is 19.5. The van der Waals surface area contributed by atoms with Gasteiger partial charge in [-0.05, 0) is 69.5 Å². The zero-order valence-corrected chi connectivity index (χ0v) is 34.2. The quantitative estimate of drug-likeness (QED) is 0.137. The Hall–Kier alpha value is -5.20. The molecular formula is C44H51F5N8O2. The van der Waals surface area contributed by atoms with Crippen LogP contribution in [0, 0.1) is 24.0 Å². The van der Waals surface area contributed by atoms with Gasteiger partial charge in [-0.1, -0.05) is 57.9 Å². The van der Waals surface area contributed by atoms with Crippen molar-refractivity contribution >= 4 is 27.5 Å². The predicted octanol–water partition coefficient (Wildman–Crippen LogP) is 8.78. The molecule has 0 radical (unpaired) electrons. The Morgan fingerprint density at radius 1 is 0.966 bits per heavy atom. The maximum atomic E-state index is 16.9. The molecule has 7 heterocycles. The van der Waals surface area contributed by atoms with Crippen LogP contribution in [0.3, 0.4) is 0 Å². The average Bonchev–Trinajstić information content (AvgIpc) is 3.85. The molecule has 3 aromatic heterocycles. The van der Waals surface area contributed by atoms with E-state index < -0.39 is 23.5 Å². The van der Waals surface area contributed by atoms with E-state index in [2.05, 4.69) is 36.0 Å². The van der Waals surface area contributed by atoms with E-state index in [0.717, 1.165) is 94.6 Å². The van der Waals surface area contributed by atoms with Gasteiger partial charge in [0.1, 0.15) is 35.2 Å². The van der Waals surface area contributed by atoms with Crippen LogP contribution in [0.25, 0.3) is 32.9 Å². The summed E-state index contributed by atoms with van der Waals surface area (Å²) in [7, 11) is 1.26. The van der Waals surface area contributed by atoms with E-state index in [0.29, 0.717) is 35.2 Å². The molecule has 0 amide bonds. The number of nitrogens with one attached hydrogen (secondary N) is 1. The second kappa shape index (κ2) is 18.8. The number of rotatable bonds is 5. The molecule has 1 N–H and O–H groups in total. The van der Waals surface area contributed by atoms with E-state index in [4.69, 9.17) is 26.1 Å². The monoisotopic (exact) mass is 818 g/mol. The van der Waals surface area contributed by atoms with E-state index in [9.17, 15) is 17.6 Å². The smallest absolute Gasteiger partial charge is 0.435 e. The van der Waals surface area contributed by atoms with Crippen molar-refractivity contribution in [3.05, 3.63) is 71.2 Å². The molecule has 0 spiro atoms. The maximum absolute atomic E-state index is 16.9. The highest BCUT2D eigenvalue weighted by Crippen LogP contribution is 2.42. The molecule has 9 rings (SSSR count). The lowest BCUT2D eigenvalue weighted by Crippen LogP contribution is -2.52. The zero-order valence-electron chi connectivity index (χ0n) is 34.2. The largest absolute Gasteiger partial charge is 0.495 e. The number of anilines is 1. The van der Waals surface area contributed by atoms with Crippen LogP contribution in [-0.2, 0) is 12.6 Å². The number of ether oxygens (including phenoxy) is 2. The van der Waals surface area contributed by atoms with E-state index >= 15 is 4.39 Å². The SMILES string of the molecule is C#Cc1c(F)ccc2cccc(-c3nc4c5c(nc(OCC67CCCN6CCC7)nc5c3F)N3CCNCC3CCC4)c12.CC.CC.COc1cnnc(C(F)(F)F)c1. The van der Waals surface area contributed by atoms with Crippen LogP contribution in [0.2, 0.25) is 0 Å². The van der Waals surface area contributed by atoms with Gasteiger partial charge in [-0.15, -0.1) is 11.5 Å². The van der Waals surface area contributed by atoms with Gasteiger partial charge in [0.15, 0.2) is 11.5 Å². The molecule has 4 aliphatic heterocycles. The van der Waals surface area contributed by atoms with E-state index in [-0.39, 0.29) is 40.1 Å². The standard InChI is InChI=1S/C34H34F2N6O.C6H5F3N2O.2C2H6/c1-2-23-25(35)12-11-21-7-3-9-24(27(21)23)30-29(36)31-28-26(38-30)10-4-8-22-19-37-15-18-42(22)32(28)40-33(39-31)43-20-34-13-5-16-41(34)17-6-14-34;1-12-4-2-5(6(7,8)9)11-10-3-4;2*1-2/h1,3,7,9,11-12,22,37H,4-6,8,10,13-20H2;2-3H,1H3;2*1-2H3. The number of pyridine rings is 1. The summed E-state index contributed by atoms with van der Waals surface area (Å²) in [5.41, 5.74) is 0.579.